The summed E-state index contributed by atoms with van der Waals surface area (Å²) in [7, 11) is 0. The molecule has 4 nitrogen and oxygen atoms in total. The zero-order valence-corrected chi connectivity index (χ0v) is 12.3. The van der Waals surface area contributed by atoms with Crippen molar-refractivity contribution in [3.8, 4) is 0 Å². The van der Waals surface area contributed by atoms with Gasteiger partial charge in [-0.15, -0.1) is 0 Å². The average molecular weight is 322 g/mol. The van der Waals surface area contributed by atoms with Crippen LogP contribution in [0.3, 0.4) is 0 Å². The van der Waals surface area contributed by atoms with Crippen LogP contribution in [0, 0.1) is 0 Å². The summed E-state index contributed by atoms with van der Waals surface area (Å²) in [6, 6.07) is 7.47. The number of aromatic amines is 1. The number of aromatic nitrogens is 2. The lowest BCUT2D eigenvalue weighted by atomic mass is 10.1. The van der Waals surface area contributed by atoms with Gasteiger partial charge < -0.3 is 10.3 Å². The molecule has 1 atom stereocenters. The van der Waals surface area contributed by atoms with Crippen molar-refractivity contribution < 1.29 is 4.79 Å². The lowest BCUT2D eigenvalue weighted by Crippen LogP contribution is -2.28. The number of alkyl halides is 1. The third kappa shape index (κ3) is 3.44. The first-order chi connectivity index (χ1) is 9.24. The molecule has 0 radical (unpaired) electrons. The van der Waals surface area contributed by atoms with Gasteiger partial charge in [0.1, 0.15) is 5.82 Å². The van der Waals surface area contributed by atoms with Gasteiger partial charge in [-0.05, 0) is 24.1 Å². The van der Waals surface area contributed by atoms with Gasteiger partial charge >= 0.3 is 0 Å². The molecule has 1 amide bonds. The highest BCUT2D eigenvalue weighted by Crippen LogP contribution is 2.13. The summed E-state index contributed by atoms with van der Waals surface area (Å²) >= 11 is 3.38. The van der Waals surface area contributed by atoms with Crippen LogP contribution < -0.4 is 5.32 Å². The first-order valence-corrected chi connectivity index (χ1v) is 7.31. The maximum absolute atomic E-state index is 12.1. The van der Waals surface area contributed by atoms with Crippen molar-refractivity contribution in [3.63, 3.8) is 0 Å². The van der Waals surface area contributed by atoms with Gasteiger partial charge in [-0.25, -0.2) is 4.98 Å². The minimum atomic E-state index is -0.0849. The predicted molar refractivity (Wildman–Crippen MR) is 78.2 cm³/mol. The molecule has 0 saturated heterocycles. The summed E-state index contributed by atoms with van der Waals surface area (Å²) in [5.74, 6) is 0.706. The van der Waals surface area contributed by atoms with Crippen molar-refractivity contribution in [1.82, 2.24) is 15.3 Å². The van der Waals surface area contributed by atoms with Crippen molar-refractivity contribution in [3.05, 3.63) is 53.6 Å². The molecular weight excluding hydrogens is 306 g/mol. The molecule has 1 aromatic carbocycles. The number of amides is 1. The highest BCUT2D eigenvalue weighted by Gasteiger charge is 2.15. The fraction of sp³-hybridized carbons (Fsp3) is 0.286. The van der Waals surface area contributed by atoms with Crippen LogP contribution in [-0.4, -0.2) is 15.9 Å². The van der Waals surface area contributed by atoms with Crippen LogP contribution in [0.15, 0.2) is 36.7 Å². The van der Waals surface area contributed by atoms with Crippen LogP contribution in [0.5, 0.6) is 0 Å². The number of hydrogen-bond acceptors (Lipinski definition) is 2. The lowest BCUT2D eigenvalue weighted by molar-refractivity contribution is 0.0934. The van der Waals surface area contributed by atoms with E-state index in [0.29, 0.717) is 5.56 Å². The Hall–Kier alpha value is -1.62. The molecule has 19 heavy (non-hydrogen) atoms. The molecule has 100 valence electrons. The normalized spacial score (nSPS) is 12.1. The van der Waals surface area contributed by atoms with Crippen molar-refractivity contribution in [2.45, 2.75) is 24.7 Å². The highest BCUT2D eigenvalue weighted by atomic mass is 79.9. The Morgan fingerprint density at radius 2 is 2.16 bits per heavy atom. The van der Waals surface area contributed by atoms with Crippen LogP contribution in [-0.2, 0) is 5.33 Å². The number of nitrogens with one attached hydrogen (secondary N) is 2. The number of H-pyrrole nitrogens is 1. The van der Waals surface area contributed by atoms with Gasteiger partial charge in [-0.3, -0.25) is 4.79 Å². The minimum absolute atomic E-state index is 0.0793. The van der Waals surface area contributed by atoms with Gasteiger partial charge in [0.05, 0.1) is 6.04 Å². The second-order valence-corrected chi connectivity index (χ2v) is 4.80. The molecule has 2 aromatic rings. The van der Waals surface area contributed by atoms with Crippen molar-refractivity contribution >= 4 is 21.8 Å². The van der Waals surface area contributed by atoms with E-state index in [4.69, 9.17) is 0 Å². The Labute approximate surface area is 120 Å². The van der Waals surface area contributed by atoms with Gasteiger partial charge in [0, 0.05) is 23.3 Å². The zero-order chi connectivity index (χ0) is 13.7. The second-order valence-electron chi connectivity index (χ2n) is 4.24. The Morgan fingerprint density at radius 1 is 1.42 bits per heavy atom. The Kier molecular flexibility index (Phi) is 4.74. The second kappa shape index (κ2) is 6.52. The van der Waals surface area contributed by atoms with Crippen molar-refractivity contribution in [1.29, 1.82) is 0 Å². The van der Waals surface area contributed by atoms with Crippen molar-refractivity contribution in [2.75, 3.05) is 0 Å². The fourth-order valence-corrected chi connectivity index (χ4v) is 2.19. The molecule has 0 fully saturated rings. The van der Waals surface area contributed by atoms with E-state index in [-0.39, 0.29) is 11.9 Å². The summed E-state index contributed by atoms with van der Waals surface area (Å²) in [6.45, 7) is 2.02. The Bertz CT molecular complexity index is 522. The summed E-state index contributed by atoms with van der Waals surface area (Å²) in [6.07, 6.45) is 4.24. The third-order valence-corrected chi connectivity index (χ3v) is 3.58. The standard InChI is InChI=1S/C14H16BrN3O/c1-2-12(13-16-7-8-17-13)18-14(19)11-5-3-10(9-15)4-6-11/h3-8,12H,2,9H2,1H3,(H,16,17)(H,18,19). The predicted octanol–water partition coefficient (Wildman–Crippen LogP) is 3.19. The number of carbonyl (C=O) groups is 1. The van der Waals surface area contributed by atoms with E-state index < -0.39 is 0 Å². The van der Waals surface area contributed by atoms with Crippen LogP contribution in [0.25, 0.3) is 0 Å². The first kappa shape index (κ1) is 13.8. The van der Waals surface area contributed by atoms with E-state index in [2.05, 4.69) is 31.2 Å². The summed E-state index contributed by atoms with van der Waals surface area (Å²) in [4.78, 5) is 19.4. The van der Waals surface area contributed by atoms with E-state index in [1.165, 1.54) is 0 Å². The number of hydrogen-bond donors (Lipinski definition) is 2. The summed E-state index contributed by atoms with van der Waals surface area (Å²) in [5, 5.41) is 3.77. The maximum atomic E-state index is 12.1. The number of nitrogens with zero attached hydrogens (tertiary/aromatic N) is 1. The highest BCUT2D eigenvalue weighted by molar-refractivity contribution is 9.08. The zero-order valence-electron chi connectivity index (χ0n) is 10.7. The van der Waals surface area contributed by atoms with Gasteiger partial charge in [0.2, 0.25) is 0 Å². The van der Waals surface area contributed by atoms with Crippen molar-refractivity contribution in [2.24, 2.45) is 0 Å². The number of rotatable bonds is 5. The molecule has 0 aliphatic carbocycles. The molecule has 1 aromatic heterocycles. The number of imidazole rings is 1. The quantitative estimate of drug-likeness (QED) is 0.831. The lowest BCUT2D eigenvalue weighted by Gasteiger charge is -2.14. The van der Waals surface area contributed by atoms with E-state index in [1.807, 2.05) is 31.2 Å². The van der Waals surface area contributed by atoms with E-state index >= 15 is 0 Å². The number of benzene rings is 1. The molecule has 0 spiro atoms. The molecule has 0 saturated carbocycles. The summed E-state index contributed by atoms with van der Waals surface area (Å²) in [5.41, 5.74) is 1.81. The molecule has 2 N–H and O–H groups in total. The van der Waals surface area contributed by atoms with E-state index in [1.54, 1.807) is 12.4 Å². The van der Waals surface area contributed by atoms with Crippen LogP contribution in [0.4, 0.5) is 0 Å². The molecule has 1 heterocycles. The molecule has 0 aliphatic rings. The Morgan fingerprint density at radius 3 is 2.68 bits per heavy atom. The largest absolute Gasteiger partial charge is 0.347 e. The fourth-order valence-electron chi connectivity index (χ4n) is 1.82. The van der Waals surface area contributed by atoms with Gasteiger partial charge in [-0.1, -0.05) is 35.0 Å². The molecule has 5 heteroatoms. The van der Waals surface area contributed by atoms with Gasteiger partial charge in [-0.2, -0.15) is 0 Å². The smallest absolute Gasteiger partial charge is 0.251 e. The summed E-state index contributed by atoms with van der Waals surface area (Å²) < 4.78 is 0. The number of carbonyl (C=O) groups excluding carboxylic acids is 1. The Balaban J connectivity index is 2.06. The molecule has 0 bridgehead atoms. The monoisotopic (exact) mass is 321 g/mol. The van der Waals surface area contributed by atoms with E-state index in [9.17, 15) is 4.79 Å². The number of halogens is 1. The minimum Gasteiger partial charge on any atom is -0.347 e. The molecule has 1 unspecified atom stereocenters. The first-order valence-electron chi connectivity index (χ1n) is 6.19. The van der Waals surface area contributed by atoms with Crippen LogP contribution in [0.1, 0.15) is 41.1 Å². The van der Waals surface area contributed by atoms with E-state index in [0.717, 1.165) is 23.1 Å². The van der Waals surface area contributed by atoms with Crippen LogP contribution >= 0.6 is 15.9 Å². The molecule has 2 rings (SSSR count). The maximum Gasteiger partial charge on any atom is 0.251 e. The molecular formula is C14H16BrN3O. The third-order valence-electron chi connectivity index (χ3n) is 2.93. The van der Waals surface area contributed by atoms with Gasteiger partial charge in [0.15, 0.2) is 0 Å². The SMILES string of the molecule is CCC(NC(=O)c1ccc(CBr)cc1)c1ncc[nH]1. The topological polar surface area (TPSA) is 57.8 Å². The van der Waals surface area contributed by atoms with Crippen LogP contribution in [0.2, 0.25) is 0 Å². The average Bonchev–Trinajstić information content (AvgIpc) is 2.98. The van der Waals surface area contributed by atoms with Gasteiger partial charge in [0.25, 0.3) is 5.91 Å². The molecule has 0 aliphatic heterocycles.